The number of nitrogens with one attached hydrogen (secondary N) is 1. The Hall–Kier alpha value is -1.29. The third kappa shape index (κ3) is 3.89. The molecular weight excluding hydrogens is 240 g/mol. The van der Waals surface area contributed by atoms with Crippen molar-refractivity contribution in [3.63, 3.8) is 0 Å². The summed E-state index contributed by atoms with van der Waals surface area (Å²) < 4.78 is 0. The smallest absolute Gasteiger partial charge is 0.288 e. The summed E-state index contributed by atoms with van der Waals surface area (Å²) in [7, 11) is 0. The lowest BCUT2D eigenvalue weighted by molar-refractivity contribution is -0.384. The molecule has 1 rings (SSSR count). The van der Waals surface area contributed by atoms with E-state index in [1.165, 1.54) is 6.07 Å². The number of rotatable bonds is 6. The van der Waals surface area contributed by atoms with Crippen LogP contribution in [0.5, 0.6) is 0 Å². The Balaban J connectivity index is 2.67. The van der Waals surface area contributed by atoms with Crippen molar-refractivity contribution in [3.8, 4) is 0 Å². The van der Waals surface area contributed by atoms with Gasteiger partial charge in [0.1, 0.15) is 5.02 Å². The third-order valence-corrected chi connectivity index (χ3v) is 3.20. The fraction of sp³-hybridized carbons (Fsp3) is 0.500. The maximum Gasteiger partial charge on any atom is 0.288 e. The quantitative estimate of drug-likeness (QED) is 0.616. The number of anilines is 1. The Morgan fingerprint density at radius 2 is 2.06 bits per heavy atom. The van der Waals surface area contributed by atoms with Gasteiger partial charge in [-0.1, -0.05) is 38.3 Å². The lowest BCUT2D eigenvalue weighted by Crippen LogP contribution is -2.12. The second-order valence-corrected chi connectivity index (χ2v) is 4.39. The largest absolute Gasteiger partial charge is 0.385 e. The molecule has 0 unspecified atom stereocenters. The fourth-order valence-corrected chi connectivity index (χ4v) is 1.85. The average molecular weight is 257 g/mol. The Kier molecular flexibility index (Phi) is 5.22. The summed E-state index contributed by atoms with van der Waals surface area (Å²) in [5, 5.41) is 14.0. The van der Waals surface area contributed by atoms with Crippen LogP contribution < -0.4 is 5.32 Å². The van der Waals surface area contributed by atoms with E-state index in [-0.39, 0.29) is 10.7 Å². The van der Waals surface area contributed by atoms with Gasteiger partial charge >= 0.3 is 0 Å². The molecule has 0 atom stereocenters. The van der Waals surface area contributed by atoms with Crippen LogP contribution in [0.2, 0.25) is 5.02 Å². The van der Waals surface area contributed by atoms with Crippen LogP contribution in [0.3, 0.4) is 0 Å². The van der Waals surface area contributed by atoms with E-state index >= 15 is 0 Å². The van der Waals surface area contributed by atoms with Gasteiger partial charge in [0.25, 0.3) is 5.69 Å². The summed E-state index contributed by atoms with van der Waals surface area (Å²) in [4.78, 5) is 10.1. The Morgan fingerprint density at radius 3 is 2.53 bits per heavy atom. The van der Waals surface area contributed by atoms with Crippen LogP contribution in [0.1, 0.15) is 26.7 Å². The monoisotopic (exact) mass is 256 g/mol. The van der Waals surface area contributed by atoms with Gasteiger partial charge in [0.05, 0.1) is 4.92 Å². The van der Waals surface area contributed by atoms with E-state index in [2.05, 4.69) is 19.2 Å². The normalized spacial score (nSPS) is 10.6. The van der Waals surface area contributed by atoms with Gasteiger partial charge in [0.15, 0.2) is 0 Å². The number of nitrogens with zero attached hydrogens (tertiary/aromatic N) is 1. The summed E-state index contributed by atoms with van der Waals surface area (Å²) in [6.07, 6.45) is 2.23. The zero-order chi connectivity index (χ0) is 12.8. The molecule has 1 aromatic carbocycles. The Morgan fingerprint density at radius 1 is 1.41 bits per heavy atom. The van der Waals surface area contributed by atoms with Crippen LogP contribution in [0.4, 0.5) is 11.4 Å². The van der Waals surface area contributed by atoms with Crippen molar-refractivity contribution in [2.24, 2.45) is 5.92 Å². The Labute approximate surface area is 106 Å². The standard InChI is InChI=1S/C12H17ClN2O2/c1-3-9(4-2)8-14-10-5-6-12(15(16)17)11(13)7-10/h5-7,9,14H,3-4,8H2,1-2H3. The summed E-state index contributed by atoms with van der Waals surface area (Å²) >= 11 is 5.83. The lowest BCUT2D eigenvalue weighted by atomic mass is 10.0. The predicted molar refractivity (Wildman–Crippen MR) is 70.7 cm³/mol. The maximum absolute atomic E-state index is 10.6. The minimum Gasteiger partial charge on any atom is -0.385 e. The molecule has 0 spiro atoms. The van der Waals surface area contributed by atoms with Crippen LogP contribution in [-0.2, 0) is 0 Å². The molecule has 0 aromatic heterocycles. The highest BCUT2D eigenvalue weighted by molar-refractivity contribution is 6.32. The van der Waals surface area contributed by atoms with Crippen LogP contribution >= 0.6 is 11.6 Å². The highest BCUT2D eigenvalue weighted by Crippen LogP contribution is 2.27. The highest BCUT2D eigenvalue weighted by atomic mass is 35.5. The van der Waals surface area contributed by atoms with E-state index < -0.39 is 4.92 Å². The van der Waals surface area contributed by atoms with Gasteiger partial charge in [-0.25, -0.2) is 0 Å². The van der Waals surface area contributed by atoms with Crippen molar-refractivity contribution >= 4 is 23.0 Å². The van der Waals surface area contributed by atoms with Gasteiger partial charge in [-0.3, -0.25) is 10.1 Å². The van der Waals surface area contributed by atoms with Crippen molar-refractivity contribution < 1.29 is 4.92 Å². The average Bonchev–Trinajstić information content (AvgIpc) is 2.30. The maximum atomic E-state index is 10.6. The number of benzene rings is 1. The first-order chi connectivity index (χ1) is 8.08. The molecule has 5 heteroatoms. The molecule has 4 nitrogen and oxygen atoms in total. The molecule has 0 aliphatic heterocycles. The zero-order valence-electron chi connectivity index (χ0n) is 10.1. The number of hydrogen-bond donors (Lipinski definition) is 1. The minimum atomic E-state index is -0.479. The lowest BCUT2D eigenvalue weighted by Gasteiger charge is -2.14. The van der Waals surface area contributed by atoms with Crippen LogP contribution in [0.25, 0.3) is 0 Å². The molecular formula is C12H17ClN2O2. The molecule has 0 aliphatic rings. The molecule has 0 heterocycles. The topological polar surface area (TPSA) is 55.2 Å². The molecule has 0 fully saturated rings. The molecule has 94 valence electrons. The summed E-state index contributed by atoms with van der Waals surface area (Å²) in [6, 6.07) is 4.71. The van der Waals surface area contributed by atoms with Crippen LogP contribution in [0.15, 0.2) is 18.2 Å². The van der Waals surface area contributed by atoms with E-state index in [0.29, 0.717) is 5.92 Å². The molecule has 0 saturated carbocycles. The first-order valence-corrected chi connectivity index (χ1v) is 6.14. The van der Waals surface area contributed by atoms with Crippen molar-refractivity contribution in [1.82, 2.24) is 0 Å². The van der Waals surface area contributed by atoms with Crippen molar-refractivity contribution in [2.45, 2.75) is 26.7 Å². The molecule has 0 amide bonds. The predicted octanol–water partition coefficient (Wildman–Crippen LogP) is 4.10. The number of nitro groups is 1. The van der Waals surface area contributed by atoms with E-state index in [4.69, 9.17) is 11.6 Å². The van der Waals surface area contributed by atoms with Gasteiger partial charge < -0.3 is 5.32 Å². The minimum absolute atomic E-state index is 0.0558. The third-order valence-electron chi connectivity index (χ3n) is 2.89. The number of halogens is 1. The van der Waals surface area contributed by atoms with E-state index in [9.17, 15) is 10.1 Å². The molecule has 0 radical (unpaired) electrons. The molecule has 17 heavy (non-hydrogen) atoms. The van der Waals surface area contributed by atoms with Gasteiger partial charge in [-0.2, -0.15) is 0 Å². The van der Waals surface area contributed by atoms with Crippen molar-refractivity contribution in [2.75, 3.05) is 11.9 Å². The summed E-state index contributed by atoms with van der Waals surface area (Å²) in [5.74, 6) is 0.615. The summed E-state index contributed by atoms with van der Waals surface area (Å²) in [5.41, 5.74) is 0.771. The SMILES string of the molecule is CCC(CC)CNc1ccc([N+](=O)[O-])c(Cl)c1. The van der Waals surface area contributed by atoms with E-state index in [1.807, 2.05) is 0 Å². The molecule has 0 bridgehead atoms. The Bertz CT molecular complexity index is 392. The number of nitro benzene ring substituents is 1. The van der Waals surface area contributed by atoms with Crippen LogP contribution in [-0.4, -0.2) is 11.5 Å². The van der Waals surface area contributed by atoms with Crippen LogP contribution in [0, 0.1) is 16.0 Å². The molecule has 0 saturated heterocycles. The number of hydrogen-bond acceptors (Lipinski definition) is 3. The van der Waals surface area contributed by atoms with Gasteiger partial charge in [0, 0.05) is 18.3 Å². The highest BCUT2D eigenvalue weighted by Gasteiger charge is 2.12. The molecule has 1 N–H and O–H groups in total. The van der Waals surface area contributed by atoms with E-state index in [0.717, 1.165) is 25.1 Å². The van der Waals surface area contributed by atoms with Gasteiger partial charge in [0.2, 0.25) is 0 Å². The summed E-state index contributed by atoms with van der Waals surface area (Å²) in [6.45, 7) is 5.17. The second-order valence-electron chi connectivity index (χ2n) is 3.99. The molecule has 0 aliphatic carbocycles. The first kappa shape index (κ1) is 13.8. The molecule has 1 aromatic rings. The fourth-order valence-electron chi connectivity index (χ4n) is 1.60. The van der Waals surface area contributed by atoms with E-state index in [1.54, 1.807) is 12.1 Å². The van der Waals surface area contributed by atoms with Gasteiger partial charge in [-0.15, -0.1) is 0 Å². The van der Waals surface area contributed by atoms with Crippen molar-refractivity contribution in [3.05, 3.63) is 33.3 Å². The van der Waals surface area contributed by atoms with Crippen molar-refractivity contribution in [1.29, 1.82) is 0 Å². The second kappa shape index (κ2) is 6.45. The zero-order valence-corrected chi connectivity index (χ0v) is 10.8. The van der Waals surface area contributed by atoms with Gasteiger partial charge in [-0.05, 0) is 18.1 Å². The first-order valence-electron chi connectivity index (χ1n) is 5.76.